The molecule has 0 saturated carbocycles. The molecule has 5 heteroatoms. The van der Waals surface area contributed by atoms with Gasteiger partial charge in [0.1, 0.15) is 11.0 Å². The molecule has 18 heavy (non-hydrogen) atoms. The van der Waals surface area contributed by atoms with E-state index in [4.69, 9.17) is 17.3 Å². The maximum atomic E-state index is 11.3. The number of aromatic nitrogens is 1. The number of rotatable bonds is 3. The summed E-state index contributed by atoms with van der Waals surface area (Å²) < 4.78 is 0. The molecule has 1 aromatic carbocycles. The zero-order chi connectivity index (χ0) is 13.1. The molecule has 1 aromatic heterocycles. The Morgan fingerprint density at radius 1 is 1.33 bits per heavy atom. The van der Waals surface area contributed by atoms with Crippen LogP contribution in [0.3, 0.4) is 0 Å². The Balaban J connectivity index is 2.39. The van der Waals surface area contributed by atoms with Gasteiger partial charge in [-0.2, -0.15) is 0 Å². The van der Waals surface area contributed by atoms with Gasteiger partial charge in [-0.05, 0) is 36.8 Å². The summed E-state index contributed by atoms with van der Waals surface area (Å²) >= 11 is 5.82. The number of carbonyl (C=O) groups is 1. The number of hydrogen-bond acceptors (Lipinski definition) is 3. The van der Waals surface area contributed by atoms with Crippen molar-refractivity contribution in [3.63, 3.8) is 0 Å². The summed E-state index contributed by atoms with van der Waals surface area (Å²) in [6, 6.07) is 10.8. The Labute approximate surface area is 110 Å². The zero-order valence-corrected chi connectivity index (χ0v) is 10.5. The van der Waals surface area contributed by atoms with Gasteiger partial charge in [0.2, 0.25) is 0 Å². The van der Waals surface area contributed by atoms with Crippen molar-refractivity contribution in [2.24, 2.45) is 5.73 Å². The maximum absolute atomic E-state index is 11.3. The number of aryl methyl sites for hydroxylation is 1. The van der Waals surface area contributed by atoms with Crippen molar-refractivity contribution >= 4 is 29.0 Å². The highest BCUT2D eigenvalue weighted by molar-refractivity contribution is 6.29. The number of pyridine rings is 1. The van der Waals surface area contributed by atoms with Crippen molar-refractivity contribution in [1.82, 2.24) is 4.98 Å². The van der Waals surface area contributed by atoms with Crippen molar-refractivity contribution in [3.8, 4) is 0 Å². The van der Waals surface area contributed by atoms with Gasteiger partial charge in [-0.25, -0.2) is 4.98 Å². The standard InChI is InChI=1S/C13H12ClN3O/c1-8-3-2-4-9(7-8)16-13-10(12(15)18)5-6-11(14)17-13/h2-7H,1H3,(H2,15,18)(H,16,17). The molecule has 2 rings (SSSR count). The third kappa shape index (κ3) is 2.78. The van der Waals surface area contributed by atoms with Crippen LogP contribution < -0.4 is 11.1 Å². The van der Waals surface area contributed by atoms with E-state index in [1.807, 2.05) is 31.2 Å². The number of nitrogens with zero attached hydrogens (tertiary/aromatic N) is 1. The Kier molecular flexibility index (Phi) is 3.48. The van der Waals surface area contributed by atoms with E-state index < -0.39 is 5.91 Å². The minimum atomic E-state index is -0.547. The summed E-state index contributed by atoms with van der Waals surface area (Å²) in [4.78, 5) is 15.4. The van der Waals surface area contributed by atoms with Crippen LogP contribution in [0, 0.1) is 6.92 Å². The molecule has 1 heterocycles. The van der Waals surface area contributed by atoms with E-state index in [-0.39, 0.29) is 0 Å². The number of hydrogen-bond donors (Lipinski definition) is 2. The topological polar surface area (TPSA) is 68.0 Å². The van der Waals surface area contributed by atoms with Gasteiger partial charge < -0.3 is 11.1 Å². The quantitative estimate of drug-likeness (QED) is 0.835. The second-order valence-electron chi connectivity index (χ2n) is 3.89. The van der Waals surface area contributed by atoms with Crippen LogP contribution in [-0.4, -0.2) is 10.9 Å². The molecule has 0 aliphatic rings. The monoisotopic (exact) mass is 261 g/mol. The summed E-state index contributed by atoms with van der Waals surface area (Å²) in [5, 5.41) is 3.34. The van der Waals surface area contributed by atoms with Gasteiger partial charge in [0, 0.05) is 5.69 Å². The maximum Gasteiger partial charge on any atom is 0.252 e. The molecule has 0 fully saturated rings. The number of carbonyl (C=O) groups excluding carboxylic acids is 1. The lowest BCUT2D eigenvalue weighted by atomic mass is 10.2. The molecule has 92 valence electrons. The van der Waals surface area contributed by atoms with Crippen molar-refractivity contribution in [2.75, 3.05) is 5.32 Å². The molecule has 2 aromatic rings. The van der Waals surface area contributed by atoms with Crippen LogP contribution in [0.5, 0.6) is 0 Å². The number of amides is 1. The summed E-state index contributed by atoms with van der Waals surface area (Å²) in [7, 11) is 0. The molecule has 1 amide bonds. The molecule has 0 atom stereocenters. The predicted molar refractivity (Wildman–Crippen MR) is 72.2 cm³/mol. The average molecular weight is 262 g/mol. The predicted octanol–water partition coefficient (Wildman–Crippen LogP) is 2.89. The molecule has 0 unspecified atom stereocenters. The van der Waals surface area contributed by atoms with Gasteiger partial charge in [-0.1, -0.05) is 23.7 Å². The fourth-order valence-electron chi connectivity index (χ4n) is 1.59. The normalized spacial score (nSPS) is 10.1. The second kappa shape index (κ2) is 5.06. The summed E-state index contributed by atoms with van der Waals surface area (Å²) in [5.41, 5.74) is 7.52. The molecular formula is C13H12ClN3O. The fourth-order valence-corrected chi connectivity index (χ4v) is 1.74. The van der Waals surface area contributed by atoms with Crippen LogP contribution >= 0.6 is 11.6 Å². The first-order chi connectivity index (χ1) is 8.56. The zero-order valence-electron chi connectivity index (χ0n) is 9.77. The van der Waals surface area contributed by atoms with Crippen molar-refractivity contribution < 1.29 is 4.79 Å². The van der Waals surface area contributed by atoms with E-state index >= 15 is 0 Å². The van der Waals surface area contributed by atoms with E-state index in [1.54, 1.807) is 6.07 Å². The van der Waals surface area contributed by atoms with Gasteiger partial charge in [-0.3, -0.25) is 4.79 Å². The second-order valence-corrected chi connectivity index (χ2v) is 4.28. The first-order valence-electron chi connectivity index (χ1n) is 5.36. The molecule has 0 bridgehead atoms. The molecule has 4 nitrogen and oxygen atoms in total. The van der Waals surface area contributed by atoms with E-state index in [0.717, 1.165) is 11.3 Å². The number of benzene rings is 1. The van der Waals surface area contributed by atoms with E-state index in [9.17, 15) is 4.79 Å². The Bertz CT molecular complexity index is 599. The van der Waals surface area contributed by atoms with E-state index in [2.05, 4.69) is 10.3 Å². The van der Waals surface area contributed by atoms with Crippen molar-refractivity contribution in [3.05, 3.63) is 52.7 Å². The van der Waals surface area contributed by atoms with Crippen LogP contribution in [0.1, 0.15) is 15.9 Å². The minimum Gasteiger partial charge on any atom is -0.365 e. The van der Waals surface area contributed by atoms with Gasteiger partial charge in [0.25, 0.3) is 5.91 Å². The van der Waals surface area contributed by atoms with Crippen LogP contribution in [0.2, 0.25) is 5.15 Å². The average Bonchev–Trinajstić information content (AvgIpc) is 2.28. The third-order valence-corrected chi connectivity index (χ3v) is 2.62. The van der Waals surface area contributed by atoms with Crippen LogP contribution in [-0.2, 0) is 0 Å². The SMILES string of the molecule is Cc1cccc(Nc2nc(Cl)ccc2C(N)=O)c1. The minimum absolute atomic E-state index is 0.301. The smallest absolute Gasteiger partial charge is 0.252 e. The molecule has 0 radical (unpaired) electrons. The summed E-state index contributed by atoms with van der Waals surface area (Å²) in [5.74, 6) is -0.185. The molecule has 3 N–H and O–H groups in total. The largest absolute Gasteiger partial charge is 0.365 e. The Hall–Kier alpha value is -2.07. The van der Waals surface area contributed by atoms with Crippen LogP contribution in [0.15, 0.2) is 36.4 Å². The molecule has 0 saturated heterocycles. The first-order valence-corrected chi connectivity index (χ1v) is 5.74. The Morgan fingerprint density at radius 2 is 2.11 bits per heavy atom. The highest BCUT2D eigenvalue weighted by atomic mass is 35.5. The summed E-state index contributed by atoms with van der Waals surface area (Å²) in [6.45, 7) is 1.98. The van der Waals surface area contributed by atoms with Crippen LogP contribution in [0.25, 0.3) is 0 Å². The van der Waals surface area contributed by atoms with Gasteiger partial charge >= 0.3 is 0 Å². The number of anilines is 2. The Morgan fingerprint density at radius 3 is 2.78 bits per heavy atom. The third-order valence-electron chi connectivity index (χ3n) is 2.41. The lowest BCUT2D eigenvalue weighted by Gasteiger charge is -2.09. The highest BCUT2D eigenvalue weighted by Gasteiger charge is 2.10. The fraction of sp³-hybridized carbons (Fsp3) is 0.0769. The van der Waals surface area contributed by atoms with Crippen LogP contribution in [0.4, 0.5) is 11.5 Å². The van der Waals surface area contributed by atoms with E-state index in [1.165, 1.54) is 6.07 Å². The number of nitrogens with two attached hydrogens (primary N) is 1. The molecule has 0 aliphatic carbocycles. The highest BCUT2D eigenvalue weighted by Crippen LogP contribution is 2.21. The van der Waals surface area contributed by atoms with Crippen molar-refractivity contribution in [2.45, 2.75) is 6.92 Å². The van der Waals surface area contributed by atoms with Gasteiger partial charge in [0.05, 0.1) is 5.56 Å². The molecular weight excluding hydrogens is 250 g/mol. The molecule has 0 spiro atoms. The number of primary amides is 1. The summed E-state index contributed by atoms with van der Waals surface area (Å²) in [6.07, 6.45) is 0. The van der Waals surface area contributed by atoms with Crippen molar-refractivity contribution in [1.29, 1.82) is 0 Å². The van der Waals surface area contributed by atoms with Gasteiger partial charge in [-0.15, -0.1) is 0 Å². The first kappa shape index (κ1) is 12.4. The number of halogens is 1. The number of nitrogens with one attached hydrogen (secondary N) is 1. The van der Waals surface area contributed by atoms with E-state index in [0.29, 0.717) is 16.5 Å². The lowest BCUT2D eigenvalue weighted by molar-refractivity contribution is 0.100. The van der Waals surface area contributed by atoms with Gasteiger partial charge in [0.15, 0.2) is 0 Å². The lowest BCUT2D eigenvalue weighted by Crippen LogP contribution is -2.14. The molecule has 0 aliphatic heterocycles.